The first-order chi connectivity index (χ1) is 11.3. The molecule has 0 aromatic heterocycles. The molecule has 2 saturated heterocycles. The van der Waals surface area contributed by atoms with Crippen molar-refractivity contribution in [1.82, 2.24) is 5.32 Å². The summed E-state index contributed by atoms with van der Waals surface area (Å²) in [4.78, 5) is 12.6. The van der Waals surface area contributed by atoms with Crippen LogP contribution in [0.3, 0.4) is 0 Å². The van der Waals surface area contributed by atoms with Crippen molar-refractivity contribution in [3.8, 4) is 0 Å². The lowest BCUT2D eigenvalue weighted by atomic mass is 9.85. The first-order valence-electron chi connectivity index (χ1n) is 8.70. The number of anilines is 1. The molecule has 4 rings (SSSR count). The predicted octanol–water partition coefficient (Wildman–Crippen LogP) is 4.02. The first kappa shape index (κ1) is 15.9. The second-order valence-electron chi connectivity index (χ2n) is 6.79. The molecule has 3 atom stereocenters. The van der Waals surface area contributed by atoms with E-state index >= 15 is 0 Å². The van der Waals surface area contributed by atoms with E-state index in [-0.39, 0.29) is 11.9 Å². The minimum atomic E-state index is -0.0120. The molecule has 3 nitrogen and oxygen atoms in total. The summed E-state index contributed by atoms with van der Waals surface area (Å²) in [6.07, 6.45) is 6.16. The van der Waals surface area contributed by atoms with Crippen molar-refractivity contribution in [2.45, 2.75) is 48.8 Å². The molecule has 3 aliphatic rings. The molecule has 3 unspecified atom stereocenters. The summed E-state index contributed by atoms with van der Waals surface area (Å²) in [6, 6.07) is 8.95. The van der Waals surface area contributed by atoms with Crippen LogP contribution in [0.25, 0.3) is 0 Å². The fraction of sp³-hybridized carbons (Fsp3) is 0.611. The molecule has 0 bridgehead atoms. The Bertz CT molecular complexity index is 560. The lowest BCUT2D eigenvalue weighted by Gasteiger charge is -2.24. The van der Waals surface area contributed by atoms with Crippen LogP contribution in [0.2, 0.25) is 0 Å². The molecular weight excluding hydrogens is 324 g/mol. The highest BCUT2D eigenvalue weighted by Gasteiger charge is 2.38. The summed E-state index contributed by atoms with van der Waals surface area (Å²) in [7, 11) is 0. The molecule has 124 valence electrons. The normalized spacial score (nSPS) is 31.0. The Kier molecular flexibility index (Phi) is 4.88. The van der Waals surface area contributed by atoms with Gasteiger partial charge in [-0.25, -0.2) is 0 Å². The number of nitrogens with one attached hydrogen (secondary N) is 2. The van der Waals surface area contributed by atoms with E-state index in [1.165, 1.54) is 42.8 Å². The zero-order chi connectivity index (χ0) is 15.6. The quantitative estimate of drug-likeness (QED) is 0.865. The van der Waals surface area contributed by atoms with Crippen LogP contribution in [0.4, 0.5) is 5.69 Å². The smallest absolute Gasteiger partial charge is 0.241 e. The lowest BCUT2D eigenvalue weighted by Crippen LogP contribution is -2.39. The summed E-state index contributed by atoms with van der Waals surface area (Å²) in [5, 5.41) is 6.70. The molecular formula is C18H24N2OS2. The Morgan fingerprint density at radius 2 is 2.00 bits per heavy atom. The van der Waals surface area contributed by atoms with Crippen molar-refractivity contribution in [2.75, 3.05) is 16.8 Å². The number of hydrogen-bond donors (Lipinski definition) is 2. The third-order valence-corrected chi connectivity index (χ3v) is 8.33. The molecule has 0 radical (unpaired) electrons. The number of thioether (sulfide) groups is 2. The van der Waals surface area contributed by atoms with Crippen LogP contribution >= 0.6 is 23.5 Å². The lowest BCUT2D eigenvalue weighted by molar-refractivity contribution is -0.117. The molecule has 2 N–H and O–H groups in total. The molecule has 1 aromatic rings. The average Bonchev–Trinajstić information content (AvgIpc) is 3.24. The molecule has 2 aliphatic heterocycles. The number of rotatable bonds is 3. The van der Waals surface area contributed by atoms with Crippen LogP contribution in [-0.2, 0) is 4.79 Å². The Morgan fingerprint density at radius 3 is 2.83 bits per heavy atom. The fourth-order valence-electron chi connectivity index (χ4n) is 4.06. The van der Waals surface area contributed by atoms with E-state index in [1.807, 2.05) is 29.6 Å². The van der Waals surface area contributed by atoms with Gasteiger partial charge in [-0.3, -0.25) is 4.79 Å². The molecule has 3 fully saturated rings. The summed E-state index contributed by atoms with van der Waals surface area (Å²) in [6.45, 7) is 0. The van der Waals surface area contributed by atoms with Crippen LogP contribution in [0, 0.1) is 5.92 Å². The molecule has 0 spiro atoms. The fourth-order valence-corrected chi connectivity index (χ4v) is 6.90. The van der Waals surface area contributed by atoms with Gasteiger partial charge in [-0.1, -0.05) is 25.0 Å². The maximum atomic E-state index is 12.6. The Labute approximate surface area is 146 Å². The van der Waals surface area contributed by atoms with Crippen molar-refractivity contribution < 1.29 is 4.79 Å². The van der Waals surface area contributed by atoms with Gasteiger partial charge in [-0.2, -0.15) is 0 Å². The van der Waals surface area contributed by atoms with Crippen LogP contribution < -0.4 is 10.6 Å². The average molecular weight is 349 g/mol. The second kappa shape index (κ2) is 7.08. The van der Waals surface area contributed by atoms with Crippen molar-refractivity contribution in [3.63, 3.8) is 0 Å². The summed E-state index contributed by atoms with van der Waals surface area (Å²) in [5.41, 5.74) is 2.26. The standard InChI is InChI=1S/C18H24N2OS2/c21-17(16-11-12-4-1-2-7-15(12)20-16)19-14-6-3-5-13(10-14)18-22-8-9-23-18/h3,5-6,10,12,15-16,18,20H,1-2,4,7-9,11H2,(H,19,21). The Morgan fingerprint density at radius 1 is 1.17 bits per heavy atom. The zero-order valence-corrected chi connectivity index (χ0v) is 14.9. The Balaban J connectivity index is 1.39. The van der Waals surface area contributed by atoms with Crippen LogP contribution in [-0.4, -0.2) is 29.5 Å². The van der Waals surface area contributed by atoms with Crippen molar-refractivity contribution in [3.05, 3.63) is 29.8 Å². The van der Waals surface area contributed by atoms with Crippen LogP contribution in [0.15, 0.2) is 24.3 Å². The maximum Gasteiger partial charge on any atom is 0.241 e. The van der Waals surface area contributed by atoms with Crippen LogP contribution in [0.1, 0.15) is 42.2 Å². The van der Waals surface area contributed by atoms with E-state index in [2.05, 4.69) is 28.8 Å². The van der Waals surface area contributed by atoms with Gasteiger partial charge in [0.1, 0.15) is 0 Å². The number of carbonyl (C=O) groups excluding carboxylic acids is 1. The van der Waals surface area contributed by atoms with Crippen molar-refractivity contribution >= 4 is 35.1 Å². The van der Waals surface area contributed by atoms with Gasteiger partial charge in [0.05, 0.1) is 10.6 Å². The number of hydrogen-bond acceptors (Lipinski definition) is 4. The van der Waals surface area contributed by atoms with Gasteiger partial charge in [0.15, 0.2) is 0 Å². The third kappa shape index (κ3) is 3.57. The molecule has 1 aliphatic carbocycles. The van der Waals surface area contributed by atoms with E-state index in [1.54, 1.807) is 0 Å². The van der Waals surface area contributed by atoms with E-state index < -0.39 is 0 Å². The Hall–Kier alpha value is -0.650. The van der Waals surface area contributed by atoms with E-state index in [0.717, 1.165) is 12.1 Å². The third-order valence-electron chi connectivity index (χ3n) is 5.23. The maximum absolute atomic E-state index is 12.6. The predicted molar refractivity (Wildman–Crippen MR) is 100 cm³/mol. The van der Waals surface area contributed by atoms with E-state index in [0.29, 0.717) is 16.5 Å². The monoisotopic (exact) mass is 348 g/mol. The van der Waals surface area contributed by atoms with Gasteiger partial charge < -0.3 is 10.6 Å². The minimum Gasteiger partial charge on any atom is -0.325 e. The summed E-state index contributed by atoms with van der Waals surface area (Å²) in [5.74, 6) is 3.29. The van der Waals surface area contributed by atoms with Gasteiger partial charge in [0.25, 0.3) is 0 Å². The highest BCUT2D eigenvalue weighted by molar-refractivity contribution is 8.19. The molecule has 1 saturated carbocycles. The van der Waals surface area contributed by atoms with Gasteiger partial charge in [-0.05, 0) is 42.9 Å². The van der Waals surface area contributed by atoms with Crippen molar-refractivity contribution in [1.29, 1.82) is 0 Å². The molecule has 23 heavy (non-hydrogen) atoms. The van der Waals surface area contributed by atoms with E-state index in [9.17, 15) is 4.79 Å². The first-order valence-corrected chi connectivity index (χ1v) is 10.8. The van der Waals surface area contributed by atoms with Crippen LogP contribution in [0.5, 0.6) is 0 Å². The highest BCUT2D eigenvalue weighted by atomic mass is 32.2. The number of amides is 1. The number of carbonyl (C=O) groups is 1. The zero-order valence-electron chi connectivity index (χ0n) is 13.3. The summed E-state index contributed by atoms with van der Waals surface area (Å²) >= 11 is 4.00. The highest BCUT2D eigenvalue weighted by Crippen LogP contribution is 2.45. The van der Waals surface area contributed by atoms with Gasteiger partial charge in [0, 0.05) is 23.2 Å². The minimum absolute atomic E-state index is 0.0120. The number of benzene rings is 1. The van der Waals surface area contributed by atoms with Gasteiger partial charge in [-0.15, -0.1) is 23.5 Å². The molecule has 1 amide bonds. The molecule has 2 heterocycles. The SMILES string of the molecule is O=C(Nc1cccc(C2SCCS2)c1)C1CC2CCCCC2N1. The summed E-state index contributed by atoms with van der Waals surface area (Å²) < 4.78 is 0.527. The largest absolute Gasteiger partial charge is 0.325 e. The molecule has 5 heteroatoms. The number of fused-ring (bicyclic) bond motifs is 1. The second-order valence-corrected chi connectivity index (χ2v) is 9.52. The van der Waals surface area contributed by atoms with Gasteiger partial charge >= 0.3 is 0 Å². The molecule has 1 aromatic carbocycles. The van der Waals surface area contributed by atoms with E-state index in [4.69, 9.17) is 0 Å². The van der Waals surface area contributed by atoms with Gasteiger partial charge in [0.2, 0.25) is 5.91 Å². The van der Waals surface area contributed by atoms with Crippen molar-refractivity contribution in [2.24, 2.45) is 5.92 Å². The topological polar surface area (TPSA) is 41.1 Å².